The monoisotopic (exact) mass is 226 g/mol. The van der Waals surface area contributed by atoms with E-state index < -0.39 is 11.7 Å². The summed E-state index contributed by atoms with van der Waals surface area (Å²) in [5, 5.41) is 20.2. The maximum absolute atomic E-state index is 13.1. The van der Waals surface area contributed by atoms with Crippen LogP contribution in [-0.2, 0) is 0 Å². The molecule has 2 N–H and O–H groups in total. The van der Waals surface area contributed by atoms with Crippen LogP contribution in [0.25, 0.3) is 0 Å². The molecule has 0 aliphatic heterocycles. The average molecular weight is 226 g/mol. The fraction of sp³-hybridized carbons (Fsp3) is 0.538. The van der Waals surface area contributed by atoms with Crippen LogP contribution in [0.4, 0.5) is 4.39 Å². The van der Waals surface area contributed by atoms with Crippen LogP contribution >= 0.6 is 0 Å². The van der Waals surface area contributed by atoms with Gasteiger partial charge in [-0.2, -0.15) is 0 Å². The van der Waals surface area contributed by atoms with Crippen LogP contribution in [0.15, 0.2) is 18.2 Å². The Morgan fingerprint density at radius 2 is 1.88 bits per heavy atom. The van der Waals surface area contributed by atoms with Gasteiger partial charge < -0.3 is 10.2 Å². The first-order valence-corrected chi connectivity index (χ1v) is 5.61. The van der Waals surface area contributed by atoms with E-state index in [1.807, 2.05) is 13.8 Å². The van der Waals surface area contributed by atoms with Crippen molar-refractivity contribution in [3.05, 3.63) is 35.1 Å². The third-order valence-corrected chi connectivity index (χ3v) is 3.23. The molecule has 0 spiro atoms. The first kappa shape index (κ1) is 13.1. The van der Waals surface area contributed by atoms with E-state index in [2.05, 4.69) is 0 Å². The van der Waals surface area contributed by atoms with E-state index in [0.717, 1.165) is 0 Å². The molecule has 1 rings (SSSR count). The van der Waals surface area contributed by atoms with Gasteiger partial charge >= 0.3 is 0 Å². The van der Waals surface area contributed by atoms with Crippen LogP contribution in [-0.4, -0.2) is 15.8 Å². The van der Waals surface area contributed by atoms with Gasteiger partial charge in [0.25, 0.3) is 0 Å². The number of rotatable bonds is 4. The number of hydrogen-bond acceptors (Lipinski definition) is 2. The third-order valence-electron chi connectivity index (χ3n) is 3.23. The lowest BCUT2D eigenvalue weighted by Gasteiger charge is -2.31. The zero-order chi connectivity index (χ0) is 12.3. The quantitative estimate of drug-likeness (QED) is 0.828. The summed E-state index contributed by atoms with van der Waals surface area (Å²) in [6.07, 6.45) is -0.0517. The summed E-state index contributed by atoms with van der Waals surface area (Å²) in [5.74, 6) is -0.299. The van der Waals surface area contributed by atoms with Crippen molar-refractivity contribution in [3.8, 4) is 0 Å². The van der Waals surface area contributed by atoms with E-state index in [0.29, 0.717) is 24.0 Å². The van der Waals surface area contributed by atoms with Crippen molar-refractivity contribution >= 4 is 0 Å². The SMILES string of the molecule is CCC(O)(CC)C(O)c1ccc(F)c(C)c1. The number of aliphatic hydroxyl groups is 2. The topological polar surface area (TPSA) is 40.5 Å². The van der Waals surface area contributed by atoms with Crippen molar-refractivity contribution in [2.45, 2.75) is 45.3 Å². The molecular formula is C13H19FO2. The first-order valence-electron chi connectivity index (χ1n) is 5.61. The number of aryl methyl sites for hydroxylation is 1. The normalized spacial score (nSPS) is 13.9. The lowest BCUT2D eigenvalue weighted by Crippen LogP contribution is -2.34. The van der Waals surface area contributed by atoms with Crippen molar-refractivity contribution in [2.75, 3.05) is 0 Å². The van der Waals surface area contributed by atoms with Gasteiger partial charge in [-0.3, -0.25) is 0 Å². The molecule has 0 amide bonds. The molecule has 0 radical (unpaired) electrons. The Bertz CT molecular complexity index is 359. The number of aliphatic hydroxyl groups excluding tert-OH is 1. The summed E-state index contributed by atoms with van der Waals surface area (Å²) in [6.45, 7) is 5.29. The molecule has 0 aliphatic rings. The maximum Gasteiger partial charge on any atom is 0.126 e. The van der Waals surface area contributed by atoms with Crippen molar-refractivity contribution in [1.82, 2.24) is 0 Å². The van der Waals surface area contributed by atoms with E-state index in [4.69, 9.17) is 0 Å². The van der Waals surface area contributed by atoms with Crippen molar-refractivity contribution in [2.24, 2.45) is 0 Å². The van der Waals surface area contributed by atoms with Gasteiger partial charge in [0, 0.05) is 0 Å². The Labute approximate surface area is 95.7 Å². The summed E-state index contributed by atoms with van der Waals surface area (Å²) in [4.78, 5) is 0. The summed E-state index contributed by atoms with van der Waals surface area (Å²) < 4.78 is 13.1. The first-order chi connectivity index (χ1) is 7.44. The average Bonchev–Trinajstić information content (AvgIpc) is 2.30. The molecule has 90 valence electrons. The van der Waals surface area contributed by atoms with Crippen molar-refractivity contribution < 1.29 is 14.6 Å². The highest BCUT2D eigenvalue weighted by molar-refractivity contribution is 5.27. The van der Waals surface area contributed by atoms with Crippen molar-refractivity contribution in [3.63, 3.8) is 0 Å². The smallest absolute Gasteiger partial charge is 0.126 e. The molecule has 1 aromatic carbocycles. The predicted octanol–water partition coefficient (Wildman–Crippen LogP) is 2.72. The highest BCUT2D eigenvalue weighted by atomic mass is 19.1. The summed E-state index contributed by atoms with van der Waals surface area (Å²) in [5.41, 5.74) is -0.0965. The lowest BCUT2D eigenvalue weighted by molar-refractivity contribution is -0.0821. The second kappa shape index (κ2) is 4.93. The van der Waals surface area contributed by atoms with Gasteiger partial charge in [0.05, 0.1) is 5.60 Å². The molecule has 0 heterocycles. The second-order valence-corrected chi connectivity index (χ2v) is 4.22. The van der Waals surface area contributed by atoms with Gasteiger partial charge in [0.2, 0.25) is 0 Å². The van der Waals surface area contributed by atoms with Crippen LogP contribution in [0.2, 0.25) is 0 Å². The van der Waals surface area contributed by atoms with E-state index in [-0.39, 0.29) is 5.82 Å². The molecule has 1 aromatic rings. The van der Waals surface area contributed by atoms with Gasteiger partial charge in [-0.05, 0) is 37.0 Å². The van der Waals surface area contributed by atoms with E-state index >= 15 is 0 Å². The fourth-order valence-corrected chi connectivity index (χ4v) is 1.78. The van der Waals surface area contributed by atoms with Gasteiger partial charge in [0.1, 0.15) is 11.9 Å². The molecule has 1 atom stereocenters. The molecule has 3 heteroatoms. The molecule has 0 bridgehead atoms. The van der Waals surface area contributed by atoms with Crippen LogP contribution in [0.1, 0.15) is 43.9 Å². The molecule has 0 fully saturated rings. The zero-order valence-electron chi connectivity index (χ0n) is 10.00. The molecule has 0 aliphatic carbocycles. The van der Waals surface area contributed by atoms with Gasteiger partial charge in [0.15, 0.2) is 0 Å². The van der Waals surface area contributed by atoms with Crippen LogP contribution < -0.4 is 0 Å². The zero-order valence-corrected chi connectivity index (χ0v) is 10.00. The molecule has 2 nitrogen and oxygen atoms in total. The Morgan fingerprint density at radius 1 is 1.31 bits per heavy atom. The lowest BCUT2D eigenvalue weighted by atomic mass is 9.86. The maximum atomic E-state index is 13.1. The standard InChI is InChI=1S/C13H19FO2/c1-4-13(16,5-2)12(15)10-6-7-11(14)9(3)8-10/h6-8,12,15-16H,4-5H2,1-3H3. The summed E-state index contributed by atoms with van der Waals surface area (Å²) in [6, 6.07) is 4.42. The highest BCUT2D eigenvalue weighted by Gasteiger charge is 2.33. The highest BCUT2D eigenvalue weighted by Crippen LogP contribution is 2.32. The molecule has 0 saturated heterocycles. The fourth-order valence-electron chi connectivity index (χ4n) is 1.78. The van der Waals surface area contributed by atoms with Crippen LogP contribution in [0.3, 0.4) is 0 Å². The Kier molecular flexibility index (Phi) is 4.05. The minimum absolute atomic E-state index is 0.299. The molecule has 0 saturated carbocycles. The number of benzene rings is 1. The summed E-state index contributed by atoms with van der Waals surface area (Å²) in [7, 11) is 0. The number of halogens is 1. The minimum Gasteiger partial charge on any atom is -0.387 e. The second-order valence-electron chi connectivity index (χ2n) is 4.22. The Balaban J connectivity index is 3.04. The van der Waals surface area contributed by atoms with Gasteiger partial charge in [-0.25, -0.2) is 4.39 Å². The van der Waals surface area contributed by atoms with Crippen LogP contribution in [0.5, 0.6) is 0 Å². The Morgan fingerprint density at radius 3 is 2.31 bits per heavy atom. The Hall–Kier alpha value is -0.930. The number of hydrogen-bond donors (Lipinski definition) is 2. The molecular weight excluding hydrogens is 207 g/mol. The third kappa shape index (κ3) is 2.42. The van der Waals surface area contributed by atoms with Crippen LogP contribution in [0, 0.1) is 12.7 Å². The predicted molar refractivity (Wildman–Crippen MR) is 61.6 cm³/mol. The minimum atomic E-state index is -1.13. The van der Waals surface area contributed by atoms with E-state index in [1.165, 1.54) is 12.1 Å². The molecule has 16 heavy (non-hydrogen) atoms. The molecule has 0 aromatic heterocycles. The van der Waals surface area contributed by atoms with Gasteiger partial charge in [-0.1, -0.05) is 26.0 Å². The largest absolute Gasteiger partial charge is 0.387 e. The summed E-state index contributed by atoms with van der Waals surface area (Å²) >= 11 is 0. The van der Waals surface area contributed by atoms with Crippen molar-refractivity contribution in [1.29, 1.82) is 0 Å². The van der Waals surface area contributed by atoms with E-state index in [1.54, 1.807) is 13.0 Å². The van der Waals surface area contributed by atoms with Gasteiger partial charge in [-0.15, -0.1) is 0 Å². The van der Waals surface area contributed by atoms with E-state index in [9.17, 15) is 14.6 Å². The molecule has 1 unspecified atom stereocenters.